The van der Waals surface area contributed by atoms with Gasteiger partial charge in [-0.25, -0.2) is 12.1 Å². The maximum atomic E-state index is 12.3. The van der Waals surface area contributed by atoms with Gasteiger partial charge in [-0.2, -0.15) is 18.2 Å². The van der Waals surface area contributed by atoms with Crippen LogP contribution in [0.1, 0.15) is 22.3 Å². The first kappa shape index (κ1) is 26.4. The Labute approximate surface area is 219 Å². The van der Waals surface area contributed by atoms with Crippen LogP contribution in [0.25, 0.3) is 11.1 Å². The van der Waals surface area contributed by atoms with E-state index in [1.807, 2.05) is 109 Å². The van der Waals surface area contributed by atoms with E-state index in [9.17, 15) is 5.11 Å². The second kappa shape index (κ2) is 12.5. The summed E-state index contributed by atoms with van der Waals surface area (Å²) in [7, 11) is 4.12. The van der Waals surface area contributed by atoms with Crippen molar-refractivity contribution in [3.8, 4) is 11.1 Å². The standard InChI is InChI=1S/C27H26NO.C5H5.Fe/c1-28(2)20-23-18-22(21-12-6-3-7-13-21)19-26(23)27(29,24-14-8-4-9-15-24)25-16-10-5-11-17-25;1-2-4-5-3-1;/h3-19,29H,20H2,1-2H3;1-5H;/q2*-1;+2. The summed E-state index contributed by atoms with van der Waals surface area (Å²) in [5.74, 6) is 0. The molecule has 0 saturated carbocycles. The fraction of sp³-hybridized carbons (Fsp3) is 0.125. The SMILES string of the molecule is CN(C)Cc1c[c-](-c2ccccc2)cc1C(O)(c1ccccc1)c1ccccc1.[Fe+2].c1cc[cH-]c1. The summed E-state index contributed by atoms with van der Waals surface area (Å²) in [6.45, 7) is 0.754. The number of hydrogen-bond donors (Lipinski definition) is 1. The average Bonchev–Trinajstić information content (AvgIpc) is 3.59. The van der Waals surface area contributed by atoms with Crippen LogP contribution in [0.5, 0.6) is 0 Å². The number of aliphatic hydroxyl groups is 1. The van der Waals surface area contributed by atoms with Crippen molar-refractivity contribution in [2.45, 2.75) is 12.1 Å². The average molecular weight is 501 g/mol. The van der Waals surface area contributed by atoms with Gasteiger partial charge < -0.3 is 10.0 Å². The quantitative estimate of drug-likeness (QED) is 0.204. The molecule has 0 aliphatic rings. The zero-order valence-corrected chi connectivity index (χ0v) is 21.3. The van der Waals surface area contributed by atoms with Crippen molar-refractivity contribution < 1.29 is 22.2 Å². The van der Waals surface area contributed by atoms with E-state index < -0.39 is 5.60 Å². The molecule has 0 heterocycles. The molecule has 0 fully saturated rings. The molecular weight excluding hydrogens is 470 g/mol. The Morgan fingerprint density at radius 2 is 1.20 bits per heavy atom. The van der Waals surface area contributed by atoms with E-state index in [0.29, 0.717) is 0 Å². The van der Waals surface area contributed by atoms with Crippen LogP contribution in [0.2, 0.25) is 0 Å². The van der Waals surface area contributed by atoms with E-state index in [1.165, 1.54) is 0 Å². The molecule has 0 saturated heterocycles. The van der Waals surface area contributed by atoms with Gasteiger partial charge in [0, 0.05) is 0 Å². The van der Waals surface area contributed by atoms with Gasteiger partial charge >= 0.3 is 17.1 Å². The van der Waals surface area contributed by atoms with Crippen LogP contribution in [0.15, 0.2) is 133 Å². The number of rotatable bonds is 6. The van der Waals surface area contributed by atoms with Gasteiger partial charge in [0.05, 0.1) is 0 Å². The summed E-state index contributed by atoms with van der Waals surface area (Å²) in [6, 6.07) is 44.6. The van der Waals surface area contributed by atoms with Crippen LogP contribution in [0.3, 0.4) is 0 Å². The Kier molecular flexibility index (Phi) is 9.42. The first-order valence-electron chi connectivity index (χ1n) is 11.6. The Balaban J connectivity index is 0.000000509. The van der Waals surface area contributed by atoms with Crippen LogP contribution in [-0.2, 0) is 29.2 Å². The van der Waals surface area contributed by atoms with Crippen LogP contribution in [-0.4, -0.2) is 24.1 Å². The van der Waals surface area contributed by atoms with Gasteiger partial charge in [0.25, 0.3) is 0 Å². The first-order valence-corrected chi connectivity index (χ1v) is 11.6. The van der Waals surface area contributed by atoms with Gasteiger partial charge in [-0.3, -0.25) is 0 Å². The molecule has 0 radical (unpaired) electrons. The fourth-order valence-corrected chi connectivity index (χ4v) is 4.32. The normalized spacial score (nSPS) is 10.9. The minimum atomic E-state index is -1.22. The Bertz CT molecular complexity index is 1190. The van der Waals surface area contributed by atoms with Gasteiger partial charge in [-0.15, -0.1) is 35.4 Å². The third-order valence-electron chi connectivity index (χ3n) is 5.90. The minimum Gasteiger partial charge on any atom is -0.384 e. The van der Waals surface area contributed by atoms with Crippen molar-refractivity contribution in [1.29, 1.82) is 0 Å². The topological polar surface area (TPSA) is 23.5 Å². The fourth-order valence-electron chi connectivity index (χ4n) is 4.32. The summed E-state index contributed by atoms with van der Waals surface area (Å²) in [6.07, 6.45) is 0. The molecule has 5 aromatic rings. The number of hydrogen-bond acceptors (Lipinski definition) is 2. The second-order valence-electron chi connectivity index (χ2n) is 8.69. The molecule has 5 aromatic carbocycles. The molecule has 5 rings (SSSR count). The summed E-state index contributed by atoms with van der Waals surface area (Å²) >= 11 is 0. The molecular formula is C32H31FeNO. The smallest absolute Gasteiger partial charge is 0.384 e. The van der Waals surface area contributed by atoms with E-state index in [-0.39, 0.29) is 17.1 Å². The van der Waals surface area contributed by atoms with Gasteiger partial charge in [-0.1, -0.05) is 90.0 Å². The summed E-state index contributed by atoms with van der Waals surface area (Å²) < 4.78 is 0. The van der Waals surface area contributed by atoms with E-state index in [1.54, 1.807) is 0 Å². The van der Waals surface area contributed by atoms with E-state index in [0.717, 1.165) is 39.9 Å². The van der Waals surface area contributed by atoms with Gasteiger partial charge in [0.2, 0.25) is 0 Å². The van der Waals surface area contributed by atoms with Crippen molar-refractivity contribution in [2.24, 2.45) is 0 Å². The molecule has 0 aliphatic carbocycles. The zero-order chi connectivity index (χ0) is 23.8. The molecule has 0 aliphatic heterocycles. The monoisotopic (exact) mass is 501 g/mol. The Hall–Kier alpha value is -3.20. The molecule has 35 heavy (non-hydrogen) atoms. The Morgan fingerprint density at radius 1 is 0.714 bits per heavy atom. The Morgan fingerprint density at radius 3 is 1.63 bits per heavy atom. The molecule has 0 spiro atoms. The van der Waals surface area contributed by atoms with E-state index in [2.05, 4.69) is 43.3 Å². The predicted octanol–water partition coefficient (Wildman–Crippen LogP) is 6.82. The maximum absolute atomic E-state index is 12.3. The summed E-state index contributed by atoms with van der Waals surface area (Å²) in [5, 5.41) is 12.3. The molecule has 178 valence electrons. The largest absolute Gasteiger partial charge is 2.00 e. The van der Waals surface area contributed by atoms with Crippen LogP contribution < -0.4 is 0 Å². The number of nitrogens with zero attached hydrogens (tertiary/aromatic N) is 1. The van der Waals surface area contributed by atoms with Gasteiger partial charge in [-0.05, 0) is 31.8 Å². The molecule has 2 nitrogen and oxygen atoms in total. The molecule has 0 amide bonds. The van der Waals surface area contributed by atoms with Crippen LogP contribution in [0, 0.1) is 0 Å². The maximum Gasteiger partial charge on any atom is 2.00 e. The molecule has 0 bridgehead atoms. The van der Waals surface area contributed by atoms with Crippen molar-refractivity contribution in [1.82, 2.24) is 4.90 Å². The van der Waals surface area contributed by atoms with Crippen molar-refractivity contribution >= 4 is 0 Å². The van der Waals surface area contributed by atoms with Crippen molar-refractivity contribution in [3.05, 3.63) is 156 Å². The summed E-state index contributed by atoms with van der Waals surface area (Å²) in [4.78, 5) is 2.14. The van der Waals surface area contributed by atoms with Crippen LogP contribution in [0.4, 0.5) is 0 Å². The molecule has 0 unspecified atom stereocenters. The third-order valence-corrected chi connectivity index (χ3v) is 5.90. The molecule has 1 N–H and O–H groups in total. The van der Waals surface area contributed by atoms with Gasteiger partial charge in [0.1, 0.15) is 5.60 Å². The first-order chi connectivity index (χ1) is 16.6. The molecule has 0 aromatic heterocycles. The van der Waals surface area contributed by atoms with E-state index >= 15 is 0 Å². The van der Waals surface area contributed by atoms with Crippen LogP contribution >= 0.6 is 0 Å². The minimum absolute atomic E-state index is 0. The zero-order valence-electron chi connectivity index (χ0n) is 20.2. The van der Waals surface area contributed by atoms with Crippen molar-refractivity contribution in [2.75, 3.05) is 14.1 Å². The second-order valence-corrected chi connectivity index (χ2v) is 8.69. The molecule has 0 atom stereocenters. The van der Waals surface area contributed by atoms with Crippen molar-refractivity contribution in [3.63, 3.8) is 0 Å². The molecule has 3 heteroatoms. The summed E-state index contributed by atoms with van der Waals surface area (Å²) in [5.41, 5.74) is 4.87. The van der Waals surface area contributed by atoms with Gasteiger partial charge in [0.15, 0.2) is 0 Å². The predicted molar refractivity (Wildman–Crippen MR) is 142 cm³/mol. The third kappa shape index (κ3) is 6.28. The number of benzene rings is 3. The van der Waals surface area contributed by atoms with E-state index in [4.69, 9.17) is 0 Å².